The molecule has 1 nitrogen and oxygen atoms in total. The summed E-state index contributed by atoms with van der Waals surface area (Å²) >= 11 is 0. The lowest BCUT2D eigenvalue weighted by molar-refractivity contribution is 0.332. The topological polar surface area (TPSA) is 9.23 Å². The van der Waals surface area contributed by atoms with Gasteiger partial charge in [-0.05, 0) is 47.7 Å². The number of hydrogen-bond acceptors (Lipinski definition) is 1. The molecule has 0 saturated carbocycles. The van der Waals surface area contributed by atoms with Crippen LogP contribution in [0.15, 0.2) is 48.5 Å². The fraction of sp³-hybridized carbons (Fsp3) is 0.300. The van der Waals surface area contributed by atoms with Crippen LogP contribution in [-0.2, 0) is 4.43 Å². The van der Waals surface area contributed by atoms with E-state index in [1.165, 1.54) is 33.9 Å². The van der Waals surface area contributed by atoms with Crippen molar-refractivity contribution >= 4 is 21.0 Å². The maximum absolute atomic E-state index is 5.92. The second-order valence-electron chi connectivity index (χ2n) is 5.53. The Bertz CT molecular complexity index is 631. The molecule has 0 amide bonds. The van der Waals surface area contributed by atoms with E-state index < -0.39 is 0 Å². The summed E-state index contributed by atoms with van der Waals surface area (Å²) < 4.78 is 5.92. The molecule has 2 heteroatoms. The molecular formula is C20H24OSi. The largest absolute Gasteiger partial charge is 0.411 e. The molecule has 0 unspecified atom stereocenters. The Balaban J connectivity index is 2.29. The summed E-state index contributed by atoms with van der Waals surface area (Å²) in [6.07, 6.45) is 4.58. The second kappa shape index (κ2) is 8.72. The number of rotatable bonds is 7. The van der Waals surface area contributed by atoms with Crippen molar-refractivity contribution in [3.05, 3.63) is 70.8 Å². The molecule has 0 saturated heterocycles. The molecule has 0 aliphatic rings. The van der Waals surface area contributed by atoms with Crippen LogP contribution in [0.4, 0.5) is 0 Å². The molecule has 0 heterocycles. The molecule has 0 fully saturated rings. The van der Waals surface area contributed by atoms with Gasteiger partial charge in [0.1, 0.15) is 0 Å². The molecule has 114 valence electrons. The van der Waals surface area contributed by atoms with E-state index in [2.05, 4.69) is 75.4 Å². The maximum Gasteiger partial charge on any atom is 0.269 e. The van der Waals surface area contributed by atoms with Gasteiger partial charge in [0.25, 0.3) is 9.76 Å². The molecule has 0 aliphatic heterocycles. The minimum atomic E-state index is 0.390. The first kappa shape index (κ1) is 16.7. The third-order valence-electron chi connectivity index (χ3n) is 3.71. The first-order valence-electron chi connectivity index (χ1n) is 7.93. The van der Waals surface area contributed by atoms with Gasteiger partial charge in [0, 0.05) is 6.61 Å². The standard InChI is InChI=1S/C20H24OSi/c1-4-5-14-21-22-20(19-13-9-7-11-17(19)3)15-18-12-8-6-10-16(18)2/h6-13,15H,4-5,14H2,1-3H3. The van der Waals surface area contributed by atoms with Crippen molar-refractivity contribution in [2.75, 3.05) is 6.61 Å². The lowest BCUT2D eigenvalue weighted by Crippen LogP contribution is -2.05. The quantitative estimate of drug-likeness (QED) is 0.386. The minimum absolute atomic E-state index is 0.390. The number of hydrogen-bond donors (Lipinski definition) is 0. The van der Waals surface area contributed by atoms with Crippen molar-refractivity contribution in [1.29, 1.82) is 0 Å². The van der Waals surface area contributed by atoms with E-state index in [0.717, 1.165) is 13.0 Å². The van der Waals surface area contributed by atoms with Crippen molar-refractivity contribution in [2.45, 2.75) is 33.6 Å². The zero-order chi connectivity index (χ0) is 15.8. The Labute approximate surface area is 137 Å². The van der Waals surface area contributed by atoms with Crippen LogP contribution >= 0.6 is 0 Å². The Morgan fingerprint density at radius 3 is 2.36 bits per heavy atom. The van der Waals surface area contributed by atoms with Crippen molar-refractivity contribution in [2.24, 2.45) is 0 Å². The predicted octanol–water partition coefficient (Wildman–Crippen LogP) is 5.24. The molecule has 0 bridgehead atoms. The predicted molar refractivity (Wildman–Crippen MR) is 96.8 cm³/mol. The van der Waals surface area contributed by atoms with Gasteiger partial charge in [0.05, 0.1) is 0 Å². The summed E-state index contributed by atoms with van der Waals surface area (Å²) in [5.74, 6) is 0. The summed E-state index contributed by atoms with van der Waals surface area (Å²) in [5, 5.41) is 1.28. The van der Waals surface area contributed by atoms with Crippen LogP contribution in [0.2, 0.25) is 0 Å². The average Bonchev–Trinajstić information content (AvgIpc) is 2.53. The average molecular weight is 308 g/mol. The zero-order valence-corrected chi connectivity index (χ0v) is 14.7. The Morgan fingerprint density at radius 1 is 1.00 bits per heavy atom. The fourth-order valence-corrected chi connectivity index (χ4v) is 3.29. The zero-order valence-electron chi connectivity index (χ0n) is 13.7. The van der Waals surface area contributed by atoms with Crippen LogP contribution in [0, 0.1) is 13.8 Å². The van der Waals surface area contributed by atoms with Gasteiger partial charge in [0.2, 0.25) is 0 Å². The molecule has 22 heavy (non-hydrogen) atoms. The number of unbranched alkanes of at least 4 members (excludes halogenated alkanes) is 1. The highest BCUT2D eigenvalue weighted by Gasteiger charge is 2.08. The van der Waals surface area contributed by atoms with E-state index in [-0.39, 0.29) is 0 Å². The highest BCUT2D eigenvalue weighted by Crippen LogP contribution is 2.22. The lowest BCUT2D eigenvalue weighted by Gasteiger charge is -2.11. The molecule has 0 atom stereocenters. The summed E-state index contributed by atoms with van der Waals surface area (Å²) in [6, 6.07) is 17.0. The van der Waals surface area contributed by atoms with Gasteiger partial charge in [-0.3, -0.25) is 0 Å². The van der Waals surface area contributed by atoms with Crippen LogP contribution in [-0.4, -0.2) is 16.4 Å². The van der Waals surface area contributed by atoms with Crippen LogP contribution in [0.5, 0.6) is 0 Å². The van der Waals surface area contributed by atoms with Crippen LogP contribution in [0.3, 0.4) is 0 Å². The van der Waals surface area contributed by atoms with Gasteiger partial charge in [-0.2, -0.15) is 0 Å². The Kier molecular flexibility index (Phi) is 6.62. The fourth-order valence-electron chi connectivity index (χ4n) is 2.29. The normalized spacial score (nSPS) is 11.7. The number of benzene rings is 2. The molecule has 0 aromatic heterocycles. The van der Waals surface area contributed by atoms with Gasteiger partial charge in [-0.25, -0.2) is 0 Å². The van der Waals surface area contributed by atoms with Gasteiger partial charge < -0.3 is 4.43 Å². The first-order valence-corrected chi connectivity index (χ1v) is 8.84. The van der Waals surface area contributed by atoms with Gasteiger partial charge >= 0.3 is 0 Å². The maximum atomic E-state index is 5.92. The smallest absolute Gasteiger partial charge is 0.269 e. The minimum Gasteiger partial charge on any atom is -0.411 e. The van der Waals surface area contributed by atoms with Crippen molar-refractivity contribution < 1.29 is 4.43 Å². The van der Waals surface area contributed by atoms with E-state index in [4.69, 9.17) is 4.43 Å². The van der Waals surface area contributed by atoms with Crippen molar-refractivity contribution in [3.8, 4) is 0 Å². The van der Waals surface area contributed by atoms with Gasteiger partial charge in [0.15, 0.2) is 0 Å². The lowest BCUT2D eigenvalue weighted by atomic mass is 10.0. The first-order chi connectivity index (χ1) is 10.7. The molecule has 0 aliphatic carbocycles. The number of aryl methyl sites for hydroxylation is 2. The van der Waals surface area contributed by atoms with E-state index >= 15 is 0 Å². The summed E-state index contributed by atoms with van der Waals surface area (Å²) in [7, 11) is 0.390. The second-order valence-corrected chi connectivity index (χ2v) is 6.57. The summed E-state index contributed by atoms with van der Waals surface area (Å²) in [5.41, 5.74) is 5.16. The Hall–Kier alpha value is -1.64. The molecule has 2 radical (unpaired) electrons. The monoisotopic (exact) mass is 308 g/mol. The molecule has 2 aromatic carbocycles. The third-order valence-corrected chi connectivity index (χ3v) is 4.69. The van der Waals surface area contributed by atoms with Gasteiger partial charge in [-0.15, -0.1) is 0 Å². The highest BCUT2D eigenvalue weighted by molar-refractivity contribution is 6.57. The molecule has 2 rings (SSSR count). The third kappa shape index (κ3) is 4.69. The van der Waals surface area contributed by atoms with E-state index in [9.17, 15) is 0 Å². The highest BCUT2D eigenvalue weighted by atomic mass is 28.2. The van der Waals surface area contributed by atoms with Gasteiger partial charge in [-0.1, -0.05) is 68.0 Å². The summed E-state index contributed by atoms with van der Waals surface area (Å²) in [4.78, 5) is 0. The summed E-state index contributed by atoms with van der Waals surface area (Å²) in [6.45, 7) is 7.35. The van der Waals surface area contributed by atoms with E-state index in [1.807, 2.05) is 0 Å². The van der Waals surface area contributed by atoms with E-state index in [1.54, 1.807) is 0 Å². The SMILES string of the molecule is CCCCO[Si]C(=Cc1ccccc1C)c1ccccc1C. The molecule has 0 spiro atoms. The molecular weight excluding hydrogens is 284 g/mol. The van der Waals surface area contributed by atoms with E-state index in [0.29, 0.717) is 9.76 Å². The van der Waals surface area contributed by atoms with Crippen molar-refractivity contribution in [3.63, 3.8) is 0 Å². The van der Waals surface area contributed by atoms with Crippen LogP contribution in [0.1, 0.15) is 42.0 Å². The van der Waals surface area contributed by atoms with Crippen molar-refractivity contribution in [1.82, 2.24) is 0 Å². The molecule has 0 N–H and O–H groups in total. The molecule has 2 aromatic rings. The van der Waals surface area contributed by atoms with Crippen LogP contribution in [0.25, 0.3) is 11.3 Å². The van der Waals surface area contributed by atoms with Crippen LogP contribution < -0.4 is 0 Å². The Morgan fingerprint density at radius 2 is 1.68 bits per heavy atom.